The van der Waals surface area contributed by atoms with E-state index < -0.39 is 8.07 Å². The van der Waals surface area contributed by atoms with E-state index in [4.69, 9.17) is 9.97 Å². The maximum atomic E-state index is 4.73. The van der Waals surface area contributed by atoms with Crippen LogP contribution < -0.4 is 5.19 Å². The Hall–Kier alpha value is -3.24. The summed E-state index contributed by atoms with van der Waals surface area (Å²) in [5.41, 5.74) is 10.9. The second kappa shape index (κ2) is 15.5. The summed E-state index contributed by atoms with van der Waals surface area (Å²) in [5.74, 6) is 0.732. The molecule has 1 aliphatic carbocycles. The Bertz CT molecular complexity index is 1760. The van der Waals surface area contributed by atoms with Crippen LogP contribution in [0.15, 0.2) is 91.5 Å². The van der Waals surface area contributed by atoms with Crippen LogP contribution in [0.5, 0.6) is 0 Å². The number of benzene rings is 2. The summed E-state index contributed by atoms with van der Waals surface area (Å²) in [6.07, 6.45) is 13.1. The predicted octanol–water partition coefficient (Wildman–Crippen LogP) is 11.0. The monoisotopic (exact) mass is 830 g/mol. The molecular weight excluding hydrogens is 779 g/mol. The van der Waals surface area contributed by atoms with Crippen molar-refractivity contribution in [2.24, 2.45) is 0 Å². The zero-order valence-corrected chi connectivity index (χ0v) is 33.6. The fourth-order valence-electron chi connectivity index (χ4n) is 6.44. The maximum absolute atomic E-state index is 4.73. The van der Waals surface area contributed by atoms with Gasteiger partial charge in [0.25, 0.3) is 0 Å². The van der Waals surface area contributed by atoms with Crippen LogP contribution in [0.4, 0.5) is 0 Å². The first-order chi connectivity index (χ1) is 22.2. The minimum atomic E-state index is -1.35. The van der Waals surface area contributed by atoms with Crippen molar-refractivity contribution in [1.82, 2.24) is 15.0 Å². The first kappa shape index (κ1) is 37.6. The van der Waals surface area contributed by atoms with Crippen molar-refractivity contribution in [2.75, 3.05) is 0 Å². The van der Waals surface area contributed by atoms with Crippen LogP contribution in [0.3, 0.4) is 0 Å². The average molecular weight is 830 g/mol. The standard InChI is InChI=1S/C25H28N.C18H23N2Si.Ir/c1-24(2,3)20-14-12-18(13-15-20)21-16-23(19-10-8-7-9-11-19)26-17-22(21)25(4,5)6;1-21(2,3)18-13-20-17(15-8-10-19-11-9-15)12-16(18)14-6-4-5-7-14;/h7-10,12-17H,1-6H3;8,10-14H,4-7H2,1-3H3;/q2*-1;. The van der Waals surface area contributed by atoms with E-state index in [0.717, 1.165) is 28.4 Å². The van der Waals surface area contributed by atoms with Gasteiger partial charge in [0.1, 0.15) is 0 Å². The molecule has 3 nitrogen and oxygen atoms in total. The summed E-state index contributed by atoms with van der Waals surface area (Å²) in [5, 5.41) is 1.53. The number of rotatable bonds is 5. The molecule has 3 heterocycles. The third-order valence-corrected chi connectivity index (χ3v) is 11.2. The second-order valence-electron chi connectivity index (χ2n) is 16.0. The van der Waals surface area contributed by atoms with Gasteiger partial charge < -0.3 is 9.97 Å². The predicted molar refractivity (Wildman–Crippen MR) is 202 cm³/mol. The van der Waals surface area contributed by atoms with Crippen molar-refractivity contribution >= 4 is 13.3 Å². The van der Waals surface area contributed by atoms with Gasteiger partial charge in [0.15, 0.2) is 0 Å². The van der Waals surface area contributed by atoms with E-state index in [1.807, 2.05) is 36.7 Å². The molecule has 6 rings (SSSR count). The zero-order chi connectivity index (χ0) is 33.8. The molecule has 5 heteroatoms. The van der Waals surface area contributed by atoms with Gasteiger partial charge in [-0.1, -0.05) is 116 Å². The number of hydrogen-bond donors (Lipinski definition) is 0. The maximum Gasteiger partial charge on any atom is 0.0798 e. The van der Waals surface area contributed by atoms with Gasteiger partial charge >= 0.3 is 0 Å². The first-order valence-corrected chi connectivity index (χ1v) is 20.6. The van der Waals surface area contributed by atoms with Crippen molar-refractivity contribution < 1.29 is 20.1 Å². The van der Waals surface area contributed by atoms with Crippen LogP contribution in [-0.4, -0.2) is 23.0 Å². The van der Waals surface area contributed by atoms with Gasteiger partial charge in [-0.25, -0.2) is 0 Å². The first-order valence-electron chi connectivity index (χ1n) is 17.1. The van der Waals surface area contributed by atoms with Gasteiger partial charge in [0.2, 0.25) is 0 Å². The van der Waals surface area contributed by atoms with Gasteiger partial charge in [-0.3, -0.25) is 4.98 Å². The number of nitrogens with zero attached hydrogens (tertiary/aromatic N) is 3. The molecule has 0 N–H and O–H groups in total. The smallest absolute Gasteiger partial charge is 0.0798 e. The quantitative estimate of drug-likeness (QED) is 0.131. The van der Waals surface area contributed by atoms with E-state index in [1.165, 1.54) is 53.1 Å². The van der Waals surface area contributed by atoms with Crippen molar-refractivity contribution in [3.63, 3.8) is 0 Å². The number of hydrogen-bond acceptors (Lipinski definition) is 3. The fourth-order valence-corrected chi connectivity index (χ4v) is 8.03. The number of pyridine rings is 3. The Morgan fingerprint density at radius 2 is 1.38 bits per heavy atom. The molecular formula is C43H51IrN3Si-2. The van der Waals surface area contributed by atoms with E-state index >= 15 is 0 Å². The molecule has 0 aliphatic heterocycles. The molecule has 0 spiro atoms. The van der Waals surface area contributed by atoms with Gasteiger partial charge in [0, 0.05) is 32.5 Å². The van der Waals surface area contributed by atoms with Crippen LogP contribution in [0.25, 0.3) is 33.6 Å². The Labute approximate surface area is 304 Å². The molecule has 48 heavy (non-hydrogen) atoms. The molecule has 253 valence electrons. The summed E-state index contributed by atoms with van der Waals surface area (Å²) in [7, 11) is -1.35. The van der Waals surface area contributed by atoms with Gasteiger partial charge in [-0.2, -0.15) is 11.6 Å². The van der Waals surface area contributed by atoms with Crippen molar-refractivity contribution in [3.8, 4) is 33.6 Å². The van der Waals surface area contributed by atoms with Crippen LogP contribution in [-0.2, 0) is 30.9 Å². The van der Waals surface area contributed by atoms with Crippen molar-refractivity contribution in [2.45, 2.75) is 104 Å². The molecule has 3 aromatic heterocycles. The van der Waals surface area contributed by atoms with Crippen molar-refractivity contribution in [1.29, 1.82) is 0 Å². The Morgan fingerprint density at radius 3 is 1.94 bits per heavy atom. The molecule has 0 amide bonds. The largest absolute Gasteiger partial charge is 0.321 e. The molecule has 1 fully saturated rings. The average Bonchev–Trinajstić information content (AvgIpc) is 3.60. The fraction of sp³-hybridized carbons (Fsp3) is 0.372. The molecule has 2 aromatic carbocycles. The van der Waals surface area contributed by atoms with E-state index in [2.05, 4.69) is 127 Å². The summed E-state index contributed by atoms with van der Waals surface area (Å²) >= 11 is 0. The molecule has 1 saturated carbocycles. The molecule has 5 aromatic rings. The molecule has 0 atom stereocenters. The topological polar surface area (TPSA) is 38.7 Å². The van der Waals surface area contributed by atoms with Gasteiger partial charge in [-0.05, 0) is 80.8 Å². The van der Waals surface area contributed by atoms with E-state index in [9.17, 15) is 0 Å². The minimum Gasteiger partial charge on any atom is -0.321 e. The van der Waals surface area contributed by atoms with E-state index in [1.54, 1.807) is 11.8 Å². The second-order valence-corrected chi connectivity index (χ2v) is 21.0. The van der Waals surface area contributed by atoms with E-state index in [-0.39, 0.29) is 30.9 Å². The Morgan fingerprint density at radius 1 is 0.729 bits per heavy atom. The van der Waals surface area contributed by atoms with Crippen LogP contribution in [0.2, 0.25) is 19.6 Å². The summed E-state index contributed by atoms with van der Waals surface area (Å²) in [4.78, 5) is 13.5. The molecule has 1 radical (unpaired) electrons. The normalized spacial score (nSPS) is 13.8. The molecule has 1 aliphatic rings. The van der Waals surface area contributed by atoms with Crippen LogP contribution in [0.1, 0.15) is 89.8 Å². The third-order valence-electron chi connectivity index (χ3n) is 9.20. The van der Waals surface area contributed by atoms with E-state index in [0.29, 0.717) is 0 Å². The van der Waals surface area contributed by atoms with Crippen molar-refractivity contribution in [3.05, 3.63) is 120 Å². The summed E-state index contributed by atoms with van der Waals surface area (Å²) in [6.45, 7) is 20.7. The summed E-state index contributed by atoms with van der Waals surface area (Å²) < 4.78 is 0. The summed E-state index contributed by atoms with van der Waals surface area (Å²) in [6, 6.07) is 30.0. The van der Waals surface area contributed by atoms with Crippen LogP contribution in [0, 0.1) is 12.1 Å². The zero-order valence-electron chi connectivity index (χ0n) is 30.2. The molecule has 0 saturated heterocycles. The SMILES string of the molecule is CC(C)(C)c1ccc(-c2cc(-c3[c-]cccc3)ncc2C(C)(C)C)cc1.C[Si](C)(C)c1cnc(-c2[c-]cncc2)cc1C1CCCC1.[Ir]. The molecule has 0 unspecified atom stereocenters. The Balaban J connectivity index is 0.000000217. The van der Waals surface area contributed by atoms with Gasteiger partial charge in [0.05, 0.1) is 8.07 Å². The minimum absolute atomic E-state index is 0. The van der Waals surface area contributed by atoms with Gasteiger partial charge in [-0.15, -0.1) is 42.0 Å². The molecule has 0 bridgehead atoms. The van der Waals surface area contributed by atoms with Crippen LogP contribution >= 0.6 is 0 Å². The third kappa shape index (κ3) is 9.25. The Kier molecular flexibility index (Phi) is 12.2. The number of aromatic nitrogens is 3.